The number of para-hydroxylation sites is 1. The second-order valence-electron chi connectivity index (χ2n) is 3.95. The zero-order chi connectivity index (χ0) is 10.7. The molecular weight excluding hydrogens is 191 g/mol. The summed E-state index contributed by atoms with van der Waals surface area (Å²) in [6.45, 7) is 3.87. The molecule has 0 radical (unpaired) electrons. The maximum absolute atomic E-state index is 13.5. The minimum absolute atomic E-state index is 0.135. The maximum atomic E-state index is 13.5. The number of aryl methyl sites for hydroxylation is 1. The molecular formula is C12H17FN2. The lowest BCUT2D eigenvalue weighted by Gasteiger charge is -2.14. The quantitative estimate of drug-likeness (QED) is 0.778. The molecule has 1 aromatic carbocycles. The predicted molar refractivity (Wildman–Crippen MR) is 60.7 cm³/mol. The van der Waals surface area contributed by atoms with Crippen LogP contribution in [0.25, 0.3) is 0 Å². The number of rotatable bonds is 2. The standard InChI is InChI=1S/C12H17FN2/c1-2-14-10-7-6-9-4-3-5-11(13)12(9)15-8-10/h3-5,10,14-15H,2,6-8H2,1H3. The van der Waals surface area contributed by atoms with Crippen LogP contribution < -0.4 is 10.6 Å². The van der Waals surface area contributed by atoms with E-state index in [1.807, 2.05) is 6.07 Å². The SMILES string of the molecule is CCNC1CCc2cccc(F)c2NC1. The van der Waals surface area contributed by atoms with E-state index in [1.165, 1.54) is 6.07 Å². The molecule has 0 saturated heterocycles. The van der Waals surface area contributed by atoms with Gasteiger partial charge in [-0.25, -0.2) is 4.39 Å². The Morgan fingerprint density at radius 1 is 1.53 bits per heavy atom. The third-order valence-corrected chi connectivity index (χ3v) is 2.88. The van der Waals surface area contributed by atoms with Crippen LogP contribution in [0.4, 0.5) is 10.1 Å². The Morgan fingerprint density at radius 2 is 2.40 bits per heavy atom. The molecule has 1 aliphatic rings. The molecule has 0 saturated carbocycles. The molecule has 2 rings (SSSR count). The van der Waals surface area contributed by atoms with Crippen molar-refractivity contribution in [2.75, 3.05) is 18.4 Å². The fourth-order valence-electron chi connectivity index (χ4n) is 2.10. The van der Waals surface area contributed by atoms with Crippen LogP contribution in [-0.2, 0) is 6.42 Å². The number of benzene rings is 1. The van der Waals surface area contributed by atoms with Crippen molar-refractivity contribution in [3.8, 4) is 0 Å². The van der Waals surface area contributed by atoms with Crippen molar-refractivity contribution in [1.29, 1.82) is 0 Å². The third-order valence-electron chi connectivity index (χ3n) is 2.88. The van der Waals surface area contributed by atoms with E-state index >= 15 is 0 Å². The van der Waals surface area contributed by atoms with E-state index in [0.717, 1.165) is 31.5 Å². The van der Waals surface area contributed by atoms with E-state index in [1.54, 1.807) is 6.07 Å². The van der Waals surface area contributed by atoms with Crippen molar-refractivity contribution in [1.82, 2.24) is 5.32 Å². The lowest BCUT2D eigenvalue weighted by Crippen LogP contribution is -2.34. The van der Waals surface area contributed by atoms with Crippen molar-refractivity contribution in [3.63, 3.8) is 0 Å². The Balaban J connectivity index is 2.14. The van der Waals surface area contributed by atoms with Crippen molar-refractivity contribution < 1.29 is 4.39 Å². The molecule has 0 fully saturated rings. The molecule has 1 heterocycles. The number of likely N-dealkylation sites (N-methyl/N-ethyl adjacent to an activating group) is 1. The van der Waals surface area contributed by atoms with E-state index < -0.39 is 0 Å². The van der Waals surface area contributed by atoms with Crippen molar-refractivity contribution in [2.45, 2.75) is 25.8 Å². The largest absolute Gasteiger partial charge is 0.381 e. The lowest BCUT2D eigenvalue weighted by molar-refractivity contribution is 0.519. The fraction of sp³-hybridized carbons (Fsp3) is 0.500. The zero-order valence-electron chi connectivity index (χ0n) is 9.02. The highest BCUT2D eigenvalue weighted by Crippen LogP contribution is 2.24. The van der Waals surface area contributed by atoms with Crippen LogP contribution in [0.5, 0.6) is 0 Å². The Morgan fingerprint density at radius 3 is 3.20 bits per heavy atom. The average molecular weight is 208 g/mol. The highest BCUT2D eigenvalue weighted by atomic mass is 19.1. The summed E-state index contributed by atoms with van der Waals surface area (Å²) in [5, 5.41) is 6.58. The second-order valence-corrected chi connectivity index (χ2v) is 3.95. The average Bonchev–Trinajstić information content (AvgIpc) is 2.43. The fourth-order valence-corrected chi connectivity index (χ4v) is 2.10. The zero-order valence-corrected chi connectivity index (χ0v) is 9.02. The number of hydrogen-bond donors (Lipinski definition) is 2. The maximum Gasteiger partial charge on any atom is 0.146 e. The first-order chi connectivity index (χ1) is 7.31. The molecule has 82 valence electrons. The molecule has 0 spiro atoms. The van der Waals surface area contributed by atoms with E-state index in [0.29, 0.717) is 11.7 Å². The first-order valence-corrected chi connectivity index (χ1v) is 5.56. The van der Waals surface area contributed by atoms with Crippen LogP contribution >= 0.6 is 0 Å². The number of fused-ring (bicyclic) bond motifs is 1. The highest BCUT2D eigenvalue weighted by Gasteiger charge is 2.16. The van der Waals surface area contributed by atoms with E-state index in [-0.39, 0.29) is 5.82 Å². The molecule has 1 aliphatic heterocycles. The van der Waals surface area contributed by atoms with Gasteiger partial charge < -0.3 is 10.6 Å². The molecule has 0 aliphatic carbocycles. The molecule has 2 nitrogen and oxygen atoms in total. The van der Waals surface area contributed by atoms with Crippen molar-refractivity contribution in [2.24, 2.45) is 0 Å². The van der Waals surface area contributed by atoms with Gasteiger partial charge in [0.2, 0.25) is 0 Å². The molecule has 15 heavy (non-hydrogen) atoms. The summed E-state index contributed by atoms with van der Waals surface area (Å²) in [6.07, 6.45) is 2.01. The molecule has 1 aromatic rings. The number of anilines is 1. The van der Waals surface area contributed by atoms with Gasteiger partial charge in [0.25, 0.3) is 0 Å². The first kappa shape index (κ1) is 10.4. The third kappa shape index (κ3) is 2.29. The van der Waals surface area contributed by atoms with Gasteiger partial charge in [-0.2, -0.15) is 0 Å². The number of nitrogens with one attached hydrogen (secondary N) is 2. The van der Waals surface area contributed by atoms with Crippen LogP contribution in [-0.4, -0.2) is 19.1 Å². The van der Waals surface area contributed by atoms with Gasteiger partial charge in [-0.1, -0.05) is 19.1 Å². The minimum Gasteiger partial charge on any atom is -0.381 e. The Labute approximate surface area is 89.9 Å². The molecule has 3 heteroatoms. The molecule has 2 N–H and O–H groups in total. The highest BCUT2D eigenvalue weighted by molar-refractivity contribution is 5.53. The summed E-state index contributed by atoms with van der Waals surface area (Å²) >= 11 is 0. The van der Waals surface area contributed by atoms with Crippen LogP contribution in [0, 0.1) is 5.82 Å². The van der Waals surface area contributed by atoms with Gasteiger partial charge in [-0.15, -0.1) is 0 Å². The Bertz CT molecular complexity index is 338. The van der Waals surface area contributed by atoms with Gasteiger partial charge in [0.1, 0.15) is 5.82 Å². The van der Waals surface area contributed by atoms with Gasteiger partial charge in [0, 0.05) is 12.6 Å². The van der Waals surface area contributed by atoms with E-state index in [4.69, 9.17) is 0 Å². The lowest BCUT2D eigenvalue weighted by atomic mass is 10.1. The monoisotopic (exact) mass is 208 g/mol. The minimum atomic E-state index is -0.135. The van der Waals surface area contributed by atoms with Gasteiger partial charge >= 0.3 is 0 Å². The Hall–Kier alpha value is -1.09. The van der Waals surface area contributed by atoms with Gasteiger partial charge in [0.15, 0.2) is 0 Å². The number of hydrogen-bond acceptors (Lipinski definition) is 2. The molecule has 0 bridgehead atoms. The summed E-state index contributed by atoms with van der Waals surface area (Å²) < 4.78 is 13.5. The molecule has 0 amide bonds. The van der Waals surface area contributed by atoms with Crippen LogP contribution in [0.1, 0.15) is 18.9 Å². The van der Waals surface area contributed by atoms with E-state index in [2.05, 4.69) is 17.6 Å². The Kier molecular flexibility index (Phi) is 3.21. The molecule has 1 unspecified atom stereocenters. The molecule has 0 aromatic heterocycles. The molecule has 1 atom stereocenters. The normalized spacial score (nSPS) is 20.3. The summed E-state index contributed by atoms with van der Waals surface area (Å²) in [5.74, 6) is -0.135. The smallest absolute Gasteiger partial charge is 0.146 e. The van der Waals surface area contributed by atoms with Crippen LogP contribution in [0.2, 0.25) is 0 Å². The van der Waals surface area contributed by atoms with E-state index in [9.17, 15) is 4.39 Å². The summed E-state index contributed by atoms with van der Waals surface area (Å²) in [5.41, 5.74) is 1.79. The predicted octanol–water partition coefficient (Wildman–Crippen LogP) is 2.16. The van der Waals surface area contributed by atoms with Gasteiger partial charge in [-0.05, 0) is 31.0 Å². The second kappa shape index (κ2) is 4.62. The number of halogens is 1. The topological polar surface area (TPSA) is 24.1 Å². The van der Waals surface area contributed by atoms with Gasteiger partial charge in [-0.3, -0.25) is 0 Å². The summed E-state index contributed by atoms with van der Waals surface area (Å²) in [6, 6.07) is 5.74. The van der Waals surface area contributed by atoms with Crippen molar-refractivity contribution in [3.05, 3.63) is 29.6 Å². The first-order valence-electron chi connectivity index (χ1n) is 5.56. The van der Waals surface area contributed by atoms with Gasteiger partial charge in [0.05, 0.1) is 5.69 Å². The summed E-state index contributed by atoms with van der Waals surface area (Å²) in [4.78, 5) is 0. The van der Waals surface area contributed by atoms with Crippen LogP contribution in [0.3, 0.4) is 0 Å². The summed E-state index contributed by atoms with van der Waals surface area (Å²) in [7, 11) is 0. The van der Waals surface area contributed by atoms with Crippen molar-refractivity contribution >= 4 is 5.69 Å². The van der Waals surface area contributed by atoms with Crippen LogP contribution in [0.15, 0.2) is 18.2 Å².